The molecule has 0 aromatic carbocycles. The smallest absolute Gasteiger partial charge is 0.407 e. The zero-order valence-electron chi connectivity index (χ0n) is 14.5. The lowest BCUT2D eigenvalue weighted by molar-refractivity contribution is -0.148. The van der Waals surface area contributed by atoms with Gasteiger partial charge in [0.15, 0.2) is 0 Å². The number of amides is 3. The number of nitrogens with one attached hydrogen (secondary N) is 1. The first kappa shape index (κ1) is 18.5. The van der Waals surface area contributed by atoms with Gasteiger partial charge in [0.25, 0.3) is 0 Å². The summed E-state index contributed by atoms with van der Waals surface area (Å²) in [5, 5.41) is 2.79. The number of nitrogens with zero attached hydrogens (tertiary/aromatic N) is 1. The molecule has 0 aromatic rings. The molecule has 1 heterocycles. The van der Waals surface area contributed by atoms with Crippen LogP contribution >= 0.6 is 0 Å². The van der Waals surface area contributed by atoms with Crippen molar-refractivity contribution in [1.29, 1.82) is 0 Å². The molecule has 0 unspecified atom stereocenters. The summed E-state index contributed by atoms with van der Waals surface area (Å²) in [5.74, 6) is -0.340. The average Bonchev–Trinajstić information content (AvgIpc) is 2.28. The molecule has 0 radical (unpaired) electrons. The largest absolute Gasteiger partial charge is 0.444 e. The van der Waals surface area contributed by atoms with Crippen molar-refractivity contribution in [2.24, 2.45) is 5.41 Å². The minimum atomic E-state index is -0.594. The summed E-state index contributed by atoms with van der Waals surface area (Å²) in [6, 6.07) is -0.367. The van der Waals surface area contributed by atoms with Crippen LogP contribution in [0.5, 0.6) is 0 Å². The van der Waals surface area contributed by atoms with Gasteiger partial charge in [0.1, 0.15) is 5.60 Å². The second-order valence-corrected chi connectivity index (χ2v) is 7.82. The summed E-state index contributed by atoms with van der Waals surface area (Å²) in [4.78, 5) is 37.1. The van der Waals surface area contributed by atoms with E-state index in [1.165, 1.54) is 4.90 Å². The van der Waals surface area contributed by atoms with Gasteiger partial charge in [-0.25, -0.2) is 4.79 Å². The first-order valence-electron chi connectivity index (χ1n) is 7.73. The third-order valence-electron chi connectivity index (χ3n) is 3.48. The summed E-state index contributed by atoms with van der Waals surface area (Å²) in [5.41, 5.74) is -0.905. The van der Waals surface area contributed by atoms with Crippen molar-refractivity contribution >= 4 is 17.9 Å². The molecule has 126 valence electrons. The third kappa shape index (κ3) is 5.66. The van der Waals surface area contributed by atoms with E-state index in [4.69, 9.17) is 4.74 Å². The Morgan fingerprint density at radius 3 is 2.05 bits per heavy atom. The quantitative estimate of drug-likeness (QED) is 0.812. The van der Waals surface area contributed by atoms with Crippen LogP contribution in [0.15, 0.2) is 0 Å². The number of hydrogen-bond acceptors (Lipinski definition) is 4. The summed E-state index contributed by atoms with van der Waals surface area (Å²) in [6.45, 7) is 11.4. The number of carbonyl (C=O) groups is 3. The molecule has 0 spiro atoms. The number of hydrogen-bond donors (Lipinski definition) is 1. The molecule has 3 amide bonds. The Bertz CT molecular complexity index is 430. The Morgan fingerprint density at radius 2 is 1.64 bits per heavy atom. The van der Waals surface area contributed by atoms with Gasteiger partial charge < -0.3 is 10.1 Å². The fourth-order valence-electron chi connectivity index (χ4n) is 2.17. The third-order valence-corrected chi connectivity index (χ3v) is 3.48. The minimum absolute atomic E-state index is 0.170. The van der Waals surface area contributed by atoms with Crippen molar-refractivity contribution in [2.75, 3.05) is 6.54 Å². The van der Waals surface area contributed by atoms with Crippen molar-refractivity contribution in [3.05, 3.63) is 0 Å². The zero-order valence-corrected chi connectivity index (χ0v) is 14.5. The lowest BCUT2D eigenvalue weighted by Crippen LogP contribution is -2.54. The maximum Gasteiger partial charge on any atom is 0.407 e. The van der Waals surface area contributed by atoms with E-state index < -0.39 is 11.7 Å². The predicted molar refractivity (Wildman–Crippen MR) is 83.2 cm³/mol. The maximum atomic E-state index is 12.0. The van der Waals surface area contributed by atoms with Crippen LogP contribution in [-0.4, -0.2) is 41.0 Å². The lowest BCUT2D eigenvalue weighted by atomic mass is 9.86. The van der Waals surface area contributed by atoms with Crippen LogP contribution in [0.2, 0.25) is 0 Å². The Kier molecular flexibility index (Phi) is 5.59. The van der Waals surface area contributed by atoms with E-state index in [1.807, 2.05) is 20.8 Å². The highest BCUT2D eigenvalue weighted by atomic mass is 16.6. The molecule has 0 bridgehead atoms. The fourth-order valence-corrected chi connectivity index (χ4v) is 2.17. The number of imide groups is 1. The SMILES string of the molecule is CC(C)(C)OC(=O)N[C@@H](CN1C(=O)CCCC1=O)C(C)(C)C. The van der Waals surface area contributed by atoms with Crippen LogP contribution in [0.25, 0.3) is 0 Å². The zero-order chi connectivity index (χ0) is 17.1. The molecule has 1 fully saturated rings. The molecule has 1 saturated heterocycles. The van der Waals surface area contributed by atoms with Crippen molar-refractivity contribution in [2.45, 2.75) is 72.4 Å². The molecule has 1 N–H and O–H groups in total. The molecule has 0 aliphatic carbocycles. The number of likely N-dealkylation sites (tertiary alicyclic amines) is 1. The van der Waals surface area contributed by atoms with Gasteiger partial charge in [-0.05, 0) is 32.6 Å². The van der Waals surface area contributed by atoms with Crippen LogP contribution < -0.4 is 5.32 Å². The lowest BCUT2D eigenvalue weighted by Gasteiger charge is -2.36. The van der Waals surface area contributed by atoms with E-state index in [-0.39, 0.29) is 29.8 Å². The van der Waals surface area contributed by atoms with E-state index in [0.717, 1.165) is 0 Å². The second-order valence-electron chi connectivity index (χ2n) is 7.82. The van der Waals surface area contributed by atoms with Crippen LogP contribution in [0, 0.1) is 5.41 Å². The van der Waals surface area contributed by atoms with Crippen LogP contribution in [0.4, 0.5) is 4.79 Å². The van der Waals surface area contributed by atoms with E-state index in [0.29, 0.717) is 19.3 Å². The first-order chi connectivity index (χ1) is 9.90. The molecule has 0 saturated carbocycles. The summed E-state index contributed by atoms with van der Waals surface area (Å²) >= 11 is 0. The van der Waals surface area contributed by atoms with Gasteiger partial charge in [0, 0.05) is 19.4 Å². The maximum absolute atomic E-state index is 12.0. The van der Waals surface area contributed by atoms with Gasteiger partial charge in [-0.2, -0.15) is 0 Å². The van der Waals surface area contributed by atoms with E-state index in [2.05, 4.69) is 5.32 Å². The molecule has 1 aliphatic heterocycles. The molecular formula is C16H28N2O4. The molecule has 1 aliphatic rings. The number of carbonyl (C=O) groups excluding carboxylic acids is 3. The summed E-state index contributed by atoms with van der Waals surface area (Å²) < 4.78 is 5.27. The van der Waals surface area contributed by atoms with Crippen molar-refractivity contribution in [3.8, 4) is 0 Å². The summed E-state index contributed by atoms with van der Waals surface area (Å²) in [6.07, 6.45) is 0.835. The van der Waals surface area contributed by atoms with E-state index in [1.54, 1.807) is 20.8 Å². The molecule has 22 heavy (non-hydrogen) atoms. The van der Waals surface area contributed by atoms with Crippen LogP contribution in [0.1, 0.15) is 60.8 Å². The molecule has 6 nitrogen and oxygen atoms in total. The highest BCUT2D eigenvalue weighted by Gasteiger charge is 2.34. The fraction of sp³-hybridized carbons (Fsp3) is 0.812. The monoisotopic (exact) mass is 312 g/mol. The van der Waals surface area contributed by atoms with Crippen molar-refractivity contribution in [3.63, 3.8) is 0 Å². The number of ether oxygens (including phenoxy) is 1. The Morgan fingerprint density at radius 1 is 1.14 bits per heavy atom. The molecule has 1 atom stereocenters. The normalized spacial score (nSPS) is 18.2. The van der Waals surface area contributed by atoms with E-state index in [9.17, 15) is 14.4 Å². The van der Waals surface area contributed by atoms with Gasteiger partial charge >= 0.3 is 6.09 Å². The molecule has 1 rings (SSSR count). The van der Waals surface area contributed by atoms with Crippen LogP contribution in [-0.2, 0) is 14.3 Å². The first-order valence-corrected chi connectivity index (χ1v) is 7.73. The average molecular weight is 312 g/mol. The second kappa shape index (κ2) is 6.67. The number of alkyl carbamates (subject to hydrolysis) is 1. The van der Waals surface area contributed by atoms with Crippen molar-refractivity contribution < 1.29 is 19.1 Å². The van der Waals surface area contributed by atoms with Gasteiger partial charge in [-0.3, -0.25) is 14.5 Å². The number of rotatable bonds is 3. The molecule has 0 aromatic heterocycles. The number of piperidine rings is 1. The Labute approximate surface area is 132 Å². The van der Waals surface area contributed by atoms with Gasteiger partial charge in [0.2, 0.25) is 11.8 Å². The highest BCUT2D eigenvalue weighted by molar-refractivity contribution is 5.97. The molecule has 6 heteroatoms. The van der Waals surface area contributed by atoms with E-state index >= 15 is 0 Å². The predicted octanol–water partition coefficient (Wildman–Crippen LogP) is 2.46. The Hall–Kier alpha value is -1.59. The van der Waals surface area contributed by atoms with Gasteiger partial charge in [-0.1, -0.05) is 20.8 Å². The standard InChI is InChI=1S/C16H28N2O4/c1-15(2,3)11(17-14(21)22-16(4,5)6)10-18-12(19)8-7-9-13(18)20/h11H,7-10H2,1-6H3,(H,17,21)/t11-/m0/s1. The Balaban J connectivity index is 2.79. The summed E-state index contributed by atoms with van der Waals surface area (Å²) in [7, 11) is 0. The minimum Gasteiger partial charge on any atom is -0.444 e. The topological polar surface area (TPSA) is 75.7 Å². The van der Waals surface area contributed by atoms with Gasteiger partial charge in [0.05, 0.1) is 6.04 Å². The van der Waals surface area contributed by atoms with Crippen molar-refractivity contribution in [1.82, 2.24) is 10.2 Å². The van der Waals surface area contributed by atoms with Crippen LogP contribution in [0.3, 0.4) is 0 Å². The molecular weight excluding hydrogens is 284 g/mol. The highest BCUT2D eigenvalue weighted by Crippen LogP contribution is 2.23. The van der Waals surface area contributed by atoms with Gasteiger partial charge in [-0.15, -0.1) is 0 Å².